The number of piperazine rings is 1. The molecule has 0 aliphatic carbocycles. The molecule has 1 aliphatic heterocycles. The van der Waals surface area contributed by atoms with Crippen LogP contribution in [0.4, 0.5) is 10.1 Å². The fraction of sp³-hybridized carbons (Fsp3) is 0.250. The SMILES string of the molecule is Cc1ccc(C2CN(Cc3cccc(F)c3)CCN2c2ccc(Cl)cc2Cl)cc1. The van der Waals surface area contributed by atoms with Crippen LogP contribution in [0.15, 0.2) is 66.7 Å². The molecule has 1 atom stereocenters. The van der Waals surface area contributed by atoms with Gasteiger partial charge in [-0.15, -0.1) is 0 Å². The summed E-state index contributed by atoms with van der Waals surface area (Å²) in [5, 5.41) is 1.29. The van der Waals surface area contributed by atoms with Gasteiger partial charge in [-0.2, -0.15) is 0 Å². The van der Waals surface area contributed by atoms with Crippen LogP contribution in [0.25, 0.3) is 0 Å². The molecule has 1 saturated heterocycles. The summed E-state index contributed by atoms with van der Waals surface area (Å²) in [4.78, 5) is 4.73. The molecule has 4 rings (SSSR count). The van der Waals surface area contributed by atoms with Crippen molar-refractivity contribution in [1.82, 2.24) is 4.90 Å². The quantitative estimate of drug-likeness (QED) is 0.467. The van der Waals surface area contributed by atoms with Crippen LogP contribution >= 0.6 is 23.2 Å². The monoisotopic (exact) mass is 428 g/mol. The zero-order valence-corrected chi connectivity index (χ0v) is 17.8. The van der Waals surface area contributed by atoms with Crippen molar-refractivity contribution in [2.75, 3.05) is 24.5 Å². The molecule has 1 fully saturated rings. The van der Waals surface area contributed by atoms with Gasteiger partial charge in [0.05, 0.1) is 16.8 Å². The Balaban J connectivity index is 1.63. The minimum Gasteiger partial charge on any atom is -0.361 e. The molecule has 0 radical (unpaired) electrons. The Morgan fingerprint density at radius 1 is 0.966 bits per heavy atom. The Labute approximate surface area is 181 Å². The third-order valence-corrected chi connectivity index (χ3v) is 5.98. The van der Waals surface area contributed by atoms with E-state index in [-0.39, 0.29) is 11.9 Å². The Hall–Kier alpha value is -2.07. The van der Waals surface area contributed by atoms with E-state index in [0.29, 0.717) is 10.0 Å². The van der Waals surface area contributed by atoms with Gasteiger partial charge in [0, 0.05) is 31.2 Å². The fourth-order valence-corrected chi connectivity index (χ4v) is 4.47. The van der Waals surface area contributed by atoms with Crippen LogP contribution in [0.2, 0.25) is 10.0 Å². The van der Waals surface area contributed by atoms with E-state index in [9.17, 15) is 4.39 Å². The lowest BCUT2D eigenvalue weighted by atomic mass is 9.99. The van der Waals surface area contributed by atoms with Crippen LogP contribution in [0.3, 0.4) is 0 Å². The lowest BCUT2D eigenvalue weighted by Gasteiger charge is -2.43. The lowest BCUT2D eigenvalue weighted by Crippen LogP contribution is -2.48. The molecule has 2 nitrogen and oxygen atoms in total. The maximum absolute atomic E-state index is 13.6. The third-order valence-electron chi connectivity index (χ3n) is 5.44. The minimum atomic E-state index is -0.191. The van der Waals surface area contributed by atoms with Gasteiger partial charge in [-0.1, -0.05) is 65.2 Å². The van der Waals surface area contributed by atoms with Crippen LogP contribution in [-0.4, -0.2) is 24.5 Å². The van der Waals surface area contributed by atoms with Crippen molar-refractivity contribution in [2.45, 2.75) is 19.5 Å². The van der Waals surface area contributed by atoms with Gasteiger partial charge in [-0.3, -0.25) is 4.90 Å². The molecule has 29 heavy (non-hydrogen) atoms. The number of nitrogens with zero attached hydrogens (tertiary/aromatic N) is 2. The average molecular weight is 429 g/mol. The first-order valence-corrected chi connectivity index (χ1v) is 10.5. The highest BCUT2D eigenvalue weighted by Gasteiger charge is 2.29. The van der Waals surface area contributed by atoms with Crippen LogP contribution < -0.4 is 4.90 Å². The van der Waals surface area contributed by atoms with Gasteiger partial charge in [0.1, 0.15) is 5.82 Å². The topological polar surface area (TPSA) is 6.48 Å². The summed E-state index contributed by atoms with van der Waals surface area (Å²) in [5.74, 6) is -0.191. The van der Waals surface area contributed by atoms with E-state index in [2.05, 4.69) is 41.0 Å². The van der Waals surface area contributed by atoms with Crippen molar-refractivity contribution in [3.8, 4) is 0 Å². The highest BCUT2D eigenvalue weighted by molar-refractivity contribution is 6.36. The molecule has 0 bridgehead atoms. The highest BCUT2D eigenvalue weighted by atomic mass is 35.5. The second-order valence-electron chi connectivity index (χ2n) is 7.58. The molecule has 1 unspecified atom stereocenters. The standard InChI is InChI=1S/C24H23Cl2FN2/c1-17-5-7-19(8-6-17)24-16-28(15-18-3-2-4-21(27)13-18)11-12-29(24)23-10-9-20(25)14-22(23)26/h2-10,13-14,24H,11-12,15-16H2,1H3. The van der Waals surface area contributed by atoms with Gasteiger partial charge < -0.3 is 4.90 Å². The zero-order chi connectivity index (χ0) is 20.4. The summed E-state index contributed by atoms with van der Waals surface area (Å²) in [6.45, 7) is 5.35. The maximum Gasteiger partial charge on any atom is 0.123 e. The number of halogens is 3. The normalized spacial score (nSPS) is 17.5. The van der Waals surface area contributed by atoms with Gasteiger partial charge in [-0.05, 0) is 48.4 Å². The number of benzene rings is 3. The Morgan fingerprint density at radius 2 is 1.76 bits per heavy atom. The molecule has 3 aromatic rings. The minimum absolute atomic E-state index is 0.150. The van der Waals surface area contributed by atoms with E-state index >= 15 is 0 Å². The summed E-state index contributed by atoms with van der Waals surface area (Å²) in [6.07, 6.45) is 0. The van der Waals surface area contributed by atoms with Gasteiger partial charge >= 0.3 is 0 Å². The molecule has 150 valence electrons. The molecule has 5 heteroatoms. The predicted molar refractivity (Wildman–Crippen MR) is 119 cm³/mol. The van der Waals surface area contributed by atoms with Crippen LogP contribution in [0.5, 0.6) is 0 Å². The molecule has 0 aromatic heterocycles. The number of anilines is 1. The zero-order valence-electron chi connectivity index (χ0n) is 16.3. The molecule has 3 aromatic carbocycles. The van der Waals surface area contributed by atoms with E-state index in [4.69, 9.17) is 23.2 Å². The summed E-state index contributed by atoms with van der Waals surface area (Å²) in [7, 11) is 0. The molecule has 1 heterocycles. The average Bonchev–Trinajstić information content (AvgIpc) is 2.69. The number of aryl methyl sites for hydroxylation is 1. The van der Waals surface area contributed by atoms with Gasteiger partial charge in [0.2, 0.25) is 0 Å². The van der Waals surface area contributed by atoms with Crippen LogP contribution in [0, 0.1) is 12.7 Å². The van der Waals surface area contributed by atoms with E-state index in [1.54, 1.807) is 18.2 Å². The summed E-state index contributed by atoms with van der Waals surface area (Å²) < 4.78 is 13.6. The van der Waals surface area contributed by atoms with Crippen molar-refractivity contribution in [3.05, 3.63) is 99.3 Å². The molecular weight excluding hydrogens is 406 g/mol. The molecular formula is C24H23Cl2FN2. The number of rotatable bonds is 4. The van der Waals surface area contributed by atoms with Crippen LogP contribution in [-0.2, 0) is 6.54 Å². The maximum atomic E-state index is 13.6. The Morgan fingerprint density at radius 3 is 2.48 bits per heavy atom. The van der Waals surface area contributed by atoms with E-state index < -0.39 is 0 Å². The van der Waals surface area contributed by atoms with E-state index in [1.807, 2.05) is 18.2 Å². The second-order valence-corrected chi connectivity index (χ2v) is 8.42. The number of hydrogen-bond acceptors (Lipinski definition) is 2. The third kappa shape index (κ3) is 4.75. The first-order valence-electron chi connectivity index (χ1n) is 9.74. The van der Waals surface area contributed by atoms with Crippen molar-refractivity contribution in [1.29, 1.82) is 0 Å². The number of hydrogen-bond donors (Lipinski definition) is 0. The van der Waals surface area contributed by atoms with E-state index in [0.717, 1.165) is 37.4 Å². The Bertz CT molecular complexity index is 990. The molecule has 0 saturated carbocycles. The highest BCUT2D eigenvalue weighted by Crippen LogP contribution is 2.36. The first-order chi connectivity index (χ1) is 14.0. The van der Waals surface area contributed by atoms with E-state index in [1.165, 1.54) is 17.2 Å². The van der Waals surface area contributed by atoms with Crippen molar-refractivity contribution in [2.24, 2.45) is 0 Å². The van der Waals surface area contributed by atoms with Crippen molar-refractivity contribution >= 4 is 28.9 Å². The largest absolute Gasteiger partial charge is 0.361 e. The van der Waals surface area contributed by atoms with Gasteiger partial charge in [0.15, 0.2) is 0 Å². The smallest absolute Gasteiger partial charge is 0.123 e. The molecule has 0 spiro atoms. The van der Waals surface area contributed by atoms with Crippen LogP contribution in [0.1, 0.15) is 22.7 Å². The van der Waals surface area contributed by atoms with Crippen molar-refractivity contribution in [3.63, 3.8) is 0 Å². The molecule has 0 amide bonds. The summed E-state index contributed by atoms with van der Waals surface area (Å²) in [5.41, 5.74) is 4.46. The molecule has 0 N–H and O–H groups in total. The molecule has 1 aliphatic rings. The second kappa shape index (κ2) is 8.74. The Kier molecular flexibility index (Phi) is 6.09. The summed E-state index contributed by atoms with van der Waals surface area (Å²) in [6, 6.07) is 21.3. The predicted octanol–water partition coefficient (Wildman–Crippen LogP) is 6.50. The fourth-order valence-electron chi connectivity index (χ4n) is 3.95. The van der Waals surface area contributed by atoms with Gasteiger partial charge in [0.25, 0.3) is 0 Å². The lowest BCUT2D eigenvalue weighted by molar-refractivity contribution is 0.215. The first kappa shape index (κ1) is 20.2. The van der Waals surface area contributed by atoms with Gasteiger partial charge in [-0.25, -0.2) is 4.39 Å². The summed E-state index contributed by atoms with van der Waals surface area (Å²) >= 11 is 12.7. The van der Waals surface area contributed by atoms with Crippen molar-refractivity contribution < 1.29 is 4.39 Å².